The van der Waals surface area contributed by atoms with Gasteiger partial charge in [0.25, 0.3) is 0 Å². The zero-order valence-electron chi connectivity index (χ0n) is 20.2. The molecule has 0 aliphatic carbocycles. The number of nitrogens with two attached hydrogens (primary N) is 1. The van der Waals surface area contributed by atoms with E-state index >= 15 is 4.39 Å². The van der Waals surface area contributed by atoms with E-state index < -0.39 is 11.6 Å². The van der Waals surface area contributed by atoms with Crippen LogP contribution >= 0.6 is 11.3 Å². The van der Waals surface area contributed by atoms with Crippen molar-refractivity contribution in [2.45, 2.75) is 19.3 Å². The van der Waals surface area contributed by atoms with E-state index in [2.05, 4.69) is 15.0 Å². The summed E-state index contributed by atoms with van der Waals surface area (Å²) in [5.74, 6) is -0.830. The van der Waals surface area contributed by atoms with Crippen molar-refractivity contribution in [2.24, 2.45) is 0 Å². The minimum absolute atomic E-state index is 0.0259. The Morgan fingerprint density at radius 2 is 2.05 bits per heavy atom. The number of benzene rings is 1. The van der Waals surface area contributed by atoms with Crippen molar-refractivity contribution in [3.8, 4) is 17.3 Å². The molecule has 0 bridgehead atoms. The van der Waals surface area contributed by atoms with Crippen LogP contribution in [0.3, 0.4) is 0 Å². The number of nitrogen functional groups attached to an aromatic ring is 1. The first-order valence-electron chi connectivity index (χ1n) is 11.7. The molecule has 1 atom stereocenters. The smallest absolute Gasteiger partial charge is 0.226 e. The molecule has 0 unspecified atom stereocenters. The minimum atomic E-state index is -0.616. The van der Waals surface area contributed by atoms with E-state index in [1.54, 1.807) is 6.20 Å². The summed E-state index contributed by atoms with van der Waals surface area (Å²) < 4.78 is 42.8. The third kappa shape index (κ3) is 3.86. The van der Waals surface area contributed by atoms with Gasteiger partial charge >= 0.3 is 0 Å². The van der Waals surface area contributed by atoms with Gasteiger partial charge in [0.2, 0.25) is 5.95 Å². The van der Waals surface area contributed by atoms with Crippen molar-refractivity contribution in [3.05, 3.63) is 40.7 Å². The molecule has 1 saturated heterocycles. The van der Waals surface area contributed by atoms with Gasteiger partial charge in [-0.3, -0.25) is 4.98 Å². The average Bonchev–Trinajstić information content (AvgIpc) is 3.50. The maximum Gasteiger partial charge on any atom is 0.226 e. The van der Waals surface area contributed by atoms with Gasteiger partial charge in [-0.15, -0.1) is 11.3 Å². The van der Waals surface area contributed by atoms with Crippen LogP contribution < -0.4 is 10.6 Å². The number of rotatable bonds is 4. The van der Waals surface area contributed by atoms with Crippen LogP contribution in [0.4, 0.5) is 19.7 Å². The van der Waals surface area contributed by atoms with Gasteiger partial charge in [0.05, 0.1) is 48.1 Å². The van der Waals surface area contributed by atoms with Crippen LogP contribution in [-0.4, -0.2) is 66.3 Å². The van der Waals surface area contributed by atoms with Gasteiger partial charge in [0.1, 0.15) is 16.6 Å². The molecule has 5 heterocycles. The molecule has 4 aromatic rings. The highest BCUT2D eigenvalue weighted by Gasteiger charge is 2.31. The molecule has 190 valence electrons. The van der Waals surface area contributed by atoms with E-state index in [1.807, 2.05) is 30.0 Å². The number of nitriles is 1. The average molecular weight is 524 g/mol. The fraction of sp³-hybridized carbons (Fsp3) is 0.360. The predicted molar refractivity (Wildman–Crippen MR) is 136 cm³/mol. The van der Waals surface area contributed by atoms with Crippen molar-refractivity contribution in [2.75, 3.05) is 51.0 Å². The van der Waals surface area contributed by atoms with E-state index in [-0.39, 0.29) is 56.7 Å². The second-order valence-corrected chi connectivity index (χ2v) is 10.4. The number of aromatic nitrogens is 3. The van der Waals surface area contributed by atoms with E-state index in [0.717, 1.165) is 29.6 Å². The molecule has 37 heavy (non-hydrogen) atoms. The van der Waals surface area contributed by atoms with Crippen LogP contribution in [-0.2, 0) is 22.7 Å². The van der Waals surface area contributed by atoms with Gasteiger partial charge < -0.3 is 25.0 Å². The molecule has 0 spiro atoms. The van der Waals surface area contributed by atoms with E-state index in [9.17, 15) is 9.65 Å². The molecule has 0 radical (unpaired) electrons. The molecule has 2 aliphatic heterocycles. The first-order chi connectivity index (χ1) is 17.9. The summed E-state index contributed by atoms with van der Waals surface area (Å²) >= 11 is 0.946. The number of anilines is 2. The van der Waals surface area contributed by atoms with E-state index in [1.165, 1.54) is 0 Å². The molecule has 1 fully saturated rings. The summed E-state index contributed by atoms with van der Waals surface area (Å²) in [6.45, 7) is 2.82. The Balaban J connectivity index is 1.55. The van der Waals surface area contributed by atoms with Crippen LogP contribution in [0.2, 0.25) is 0 Å². The number of morpholine rings is 1. The number of hydrogen-bond acceptors (Lipinski definition) is 10. The first kappa shape index (κ1) is 23.9. The maximum atomic E-state index is 16.4. The zero-order valence-corrected chi connectivity index (χ0v) is 21.0. The predicted octanol–water partition coefficient (Wildman–Crippen LogP) is 3.44. The number of likely N-dealkylation sites (N-methyl/N-ethyl adjacent to an activating group) is 1. The fourth-order valence-electron chi connectivity index (χ4n) is 5.11. The van der Waals surface area contributed by atoms with Crippen molar-refractivity contribution >= 4 is 43.3 Å². The molecule has 0 amide bonds. The Morgan fingerprint density at radius 1 is 1.24 bits per heavy atom. The van der Waals surface area contributed by atoms with Crippen molar-refractivity contribution in [1.29, 1.82) is 5.26 Å². The van der Waals surface area contributed by atoms with Crippen molar-refractivity contribution < 1.29 is 18.3 Å². The van der Waals surface area contributed by atoms with Crippen LogP contribution in [0.15, 0.2) is 12.4 Å². The SMILES string of the molecule is CN(C)C[C@@H]1CN(c2ncc3c4c(c(-c5ncc(F)c6sc(N)c(C#N)c56)c(F)c3n2)COC4)CCO1. The van der Waals surface area contributed by atoms with E-state index in [4.69, 9.17) is 15.2 Å². The Morgan fingerprint density at radius 3 is 2.84 bits per heavy atom. The molecule has 2 aliphatic rings. The number of thiophene rings is 1. The third-order valence-corrected chi connectivity index (χ3v) is 7.75. The fourth-order valence-corrected chi connectivity index (χ4v) is 6.03. The molecule has 12 heteroatoms. The van der Waals surface area contributed by atoms with Gasteiger partial charge in [-0.25, -0.2) is 18.7 Å². The lowest BCUT2D eigenvalue weighted by Gasteiger charge is -2.34. The topological polar surface area (TPSA) is 113 Å². The van der Waals surface area contributed by atoms with Crippen LogP contribution in [0.25, 0.3) is 32.2 Å². The largest absolute Gasteiger partial charge is 0.389 e. The second-order valence-electron chi connectivity index (χ2n) is 9.38. The lowest BCUT2D eigenvalue weighted by molar-refractivity contribution is 0.0243. The van der Waals surface area contributed by atoms with E-state index in [0.29, 0.717) is 36.6 Å². The molecule has 1 aromatic carbocycles. The zero-order chi connectivity index (χ0) is 25.8. The summed E-state index contributed by atoms with van der Waals surface area (Å²) in [5.41, 5.74) is 7.86. The van der Waals surface area contributed by atoms with Crippen molar-refractivity contribution in [3.63, 3.8) is 0 Å². The number of halogens is 2. The molecular formula is C25H23F2N7O2S. The molecule has 2 N–H and O–H groups in total. The summed E-state index contributed by atoms with van der Waals surface area (Å²) in [6.07, 6.45) is 2.64. The Labute approximate surface area is 215 Å². The minimum Gasteiger partial charge on any atom is -0.389 e. The molecule has 0 saturated carbocycles. The number of fused-ring (bicyclic) bond motifs is 4. The third-order valence-electron chi connectivity index (χ3n) is 6.72. The number of nitrogens with zero attached hydrogens (tertiary/aromatic N) is 6. The molecular weight excluding hydrogens is 500 g/mol. The quantitative estimate of drug-likeness (QED) is 0.430. The van der Waals surface area contributed by atoms with Crippen LogP contribution in [0, 0.1) is 23.0 Å². The summed E-state index contributed by atoms with van der Waals surface area (Å²) in [5, 5.41) is 10.6. The lowest BCUT2D eigenvalue weighted by atomic mass is 9.94. The van der Waals surface area contributed by atoms with Gasteiger partial charge in [-0.1, -0.05) is 0 Å². The van der Waals surface area contributed by atoms with Gasteiger partial charge in [0, 0.05) is 42.2 Å². The van der Waals surface area contributed by atoms with Gasteiger partial charge in [0.15, 0.2) is 11.6 Å². The Kier molecular flexibility index (Phi) is 5.88. The summed E-state index contributed by atoms with van der Waals surface area (Å²) in [7, 11) is 3.96. The van der Waals surface area contributed by atoms with Gasteiger partial charge in [-0.05, 0) is 25.2 Å². The highest BCUT2D eigenvalue weighted by atomic mass is 32.1. The Bertz CT molecular complexity index is 1600. The first-order valence-corrected chi connectivity index (χ1v) is 12.5. The van der Waals surface area contributed by atoms with Crippen LogP contribution in [0.1, 0.15) is 16.7 Å². The molecule has 6 rings (SSSR count). The maximum absolute atomic E-state index is 16.4. The molecule has 9 nitrogen and oxygen atoms in total. The highest BCUT2D eigenvalue weighted by molar-refractivity contribution is 7.23. The Hall–Kier alpha value is -3.50. The number of ether oxygens (including phenoxy) is 2. The monoisotopic (exact) mass is 523 g/mol. The van der Waals surface area contributed by atoms with Gasteiger partial charge in [-0.2, -0.15) is 5.26 Å². The normalized spacial score (nSPS) is 17.6. The standard InChI is InChI=1S/C25H23F2N7O2S/c1-33(2)8-12-9-34(3-4-36-12)25-31-6-14-15-10-35-11-16(15)18(20(27)21(14)32-25)22-19-13(5-28)24(29)37-23(19)17(26)7-30-22/h6-7,12H,3-4,8-11,29H2,1-2H3/t12-/m1/s1. The molecule has 3 aromatic heterocycles. The summed E-state index contributed by atoms with van der Waals surface area (Å²) in [4.78, 5) is 17.5. The summed E-state index contributed by atoms with van der Waals surface area (Å²) in [6, 6.07) is 2.03. The number of hydrogen-bond donors (Lipinski definition) is 1. The second kappa shape index (κ2) is 9.11. The highest BCUT2D eigenvalue weighted by Crippen LogP contribution is 2.45. The van der Waals surface area contributed by atoms with Crippen molar-refractivity contribution in [1.82, 2.24) is 19.9 Å². The lowest BCUT2D eigenvalue weighted by Crippen LogP contribution is -2.47. The number of pyridine rings is 1. The van der Waals surface area contributed by atoms with Crippen LogP contribution in [0.5, 0.6) is 0 Å².